The third kappa shape index (κ3) is 2.57. The van der Waals surface area contributed by atoms with Gasteiger partial charge in [-0.05, 0) is 30.0 Å². The summed E-state index contributed by atoms with van der Waals surface area (Å²) >= 11 is 0. The predicted molar refractivity (Wildman–Crippen MR) is 98.6 cm³/mol. The minimum Gasteiger partial charge on any atom is -0.493 e. The van der Waals surface area contributed by atoms with Gasteiger partial charge in [-0.1, -0.05) is 12.1 Å². The van der Waals surface area contributed by atoms with Gasteiger partial charge in [-0.15, -0.1) is 0 Å². The van der Waals surface area contributed by atoms with Crippen molar-refractivity contribution in [2.24, 2.45) is 0 Å². The van der Waals surface area contributed by atoms with Crippen LogP contribution >= 0.6 is 0 Å². The summed E-state index contributed by atoms with van der Waals surface area (Å²) in [6.45, 7) is 1.75. The third-order valence-electron chi connectivity index (χ3n) is 5.45. The number of fused-ring (bicyclic) bond motifs is 4. The number of ether oxygens (including phenoxy) is 2. The summed E-state index contributed by atoms with van der Waals surface area (Å²) in [4.78, 5) is 12.9. The van der Waals surface area contributed by atoms with E-state index in [4.69, 9.17) is 25.0 Å². The highest BCUT2D eigenvalue weighted by Crippen LogP contribution is 2.47. The zero-order valence-corrected chi connectivity index (χ0v) is 15.4. The van der Waals surface area contributed by atoms with Crippen molar-refractivity contribution in [3.63, 3.8) is 0 Å². The smallest absolute Gasteiger partial charge is 0.170 e. The summed E-state index contributed by atoms with van der Waals surface area (Å²) < 4.78 is 11.1. The Morgan fingerprint density at radius 2 is 1.92 bits per heavy atom. The lowest BCUT2D eigenvalue weighted by Crippen LogP contribution is -2.40. The second-order valence-electron chi connectivity index (χ2n) is 6.68. The van der Waals surface area contributed by atoms with E-state index < -0.39 is 0 Å². The number of nitrogen functional groups attached to an aromatic ring is 1. The number of benzene rings is 2. The van der Waals surface area contributed by atoms with Gasteiger partial charge < -0.3 is 20.1 Å². The SMILES string of the molecule is COOc1cccc2c1C1Cc3c(N)cc(OC)c(OC)c3CN1CC2. The maximum absolute atomic E-state index is 6.37. The molecule has 1 atom stereocenters. The largest absolute Gasteiger partial charge is 0.493 e. The third-order valence-corrected chi connectivity index (χ3v) is 5.45. The average Bonchev–Trinajstić information content (AvgIpc) is 2.66. The summed E-state index contributed by atoms with van der Waals surface area (Å²) in [6.07, 6.45) is 1.78. The van der Waals surface area contributed by atoms with Gasteiger partial charge in [0.25, 0.3) is 0 Å². The van der Waals surface area contributed by atoms with Crippen LogP contribution < -0.4 is 20.1 Å². The molecule has 6 heteroatoms. The number of nitrogens with zero attached hydrogens (tertiary/aromatic N) is 1. The molecule has 2 aliphatic rings. The molecule has 4 rings (SSSR count). The van der Waals surface area contributed by atoms with Crippen molar-refractivity contribution in [1.29, 1.82) is 0 Å². The van der Waals surface area contributed by atoms with Crippen LogP contribution in [0.15, 0.2) is 24.3 Å². The molecule has 2 aromatic carbocycles. The lowest BCUT2D eigenvalue weighted by Gasteiger charge is -2.42. The molecule has 0 spiro atoms. The standard InChI is InChI=1S/C20H24N2O4/c1-23-18-10-15(21)13-9-16-19-12(5-4-6-17(19)26-25-3)7-8-22(16)11-14(13)20(18)24-2/h4-6,10,16H,7-9,11,21H2,1-3H3. The van der Waals surface area contributed by atoms with Crippen LogP contribution in [0.5, 0.6) is 17.2 Å². The van der Waals surface area contributed by atoms with Gasteiger partial charge in [-0.3, -0.25) is 4.90 Å². The highest BCUT2D eigenvalue weighted by Gasteiger charge is 2.37. The first-order chi connectivity index (χ1) is 12.7. The Morgan fingerprint density at radius 1 is 1.08 bits per heavy atom. The average molecular weight is 356 g/mol. The topological polar surface area (TPSA) is 66.2 Å². The van der Waals surface area contributed by atoms with E-state index in [-0.39, 0.29) is 6.04 Å². The van der Waals surface area contributed by atoms with Crippen LogP contribution in [0.4, 0.5) is 5.69 Å². The van der Waals surface area contributed by atoms with Crippen molar-refractivity contribution in [1.82, 2.24) is 4.90 Å². The first kappa shape index (κ1) is 17.0. The van der Waals surface area contributed by atoms with Crippen molar-refractivity contribution < 1.29 is 19.2 Å². The Morgan fingerprint density at radius 3 is 2.65 bits per heavy atom. The van der Waals surface area contributed by atoms with Crippen LogP contribution in [-0.2, 0) is 24.3 Å². The van der Waals surface area contributed by atoms with E-state index in [1.54, 1.807) is 14.2 Å². The summed E-state index contributed by atoms with van der Waals surface area (Å²) in [7, 11) is 4.85. The minimum atomic E-state index is 0.206. The summed E-state index contributed by atoms with van der Waals surface area (Å²) in [5.41, 5.74) is 11.9. The van der Waals surface area contributed by atoms with Crippen molar-refractivity contribution in [2.75, 3.05) is 33.6 Å². The van der Waals surface area contributed by atoms with Crippen molar-refractivity contribution in [3.8, 4) is 17.2 Å². The van der Waals surface area contributed by atoms with E-state index in [0.717, 1.165) is 54.2 Å². The number of hydrogen-bond acceptors (Lipinski definition) is 6. The Kier molecular flexibility index (Phi) is 4.38. The van der Waals surface area contributed by atoms with Crippen LogP contribution in [0.3, 0.4) is 0 Å². The molecular formula is C20H24N2O4. The molecule has 0 saturated carbocycles. The Bertz CT molecular complexity index is 837. The molecule has 1 unspecified atom stereocenters. The Balaban J connectivity index is 1.82. The quantitative estimate of drug-likeness (QED) is 0.516. The molecule has 0 aliphatic carbocycles. The van der Waals surface area contributed by atoms with E-state index in [0.29, 0.717) is 5.75 Å². The Labute approximate surface area is 153 Å². The monoisotopic (exact) mass is 356 g/mol. The normalized spacial score (nSPS) is 18.5. The molecule has 0 radical (unpaired) electrons. The molecule has 2 N–H and O–H groups in total. The Hall–Kier alpha value is -2.44. The molecule has 0 fully saturated rings. The molecule has 0 amide bonds. The van der Waals surface area contributed by atoms with E-state index >= 15 is 0 Å². The first-order valence-electron chi connectivity index (χ1n) is 8.76. The summed E-state index contributed by atoms with van der Waals surface area (Å²) in [6, 6.07) is 8.20. The van der Waals surface area contributed by atoms with Crippen LogP contribution in [0.25, 0.3) is 0 Å². The van der Waals surface area contributed by atoms with Gasteiger partial charge in [0.1, 0.15) is 0 Å². The molecule has 138 valence electrons. The van der Waals surface area contributed by atoms with E-state index in [2.05, 4.69) is 11.0 Å². The molecule has 0 bridgehead atoms. The van der Waals surface area contributed by atoms with Crippen molar-refractivity contribution in [2.45, 2.75) is 25.4 Å². The van der Waals surface area contributed by atoms with E-state index in [1.807, 2.05) is 18.2 Å². The molecule has 0 aromatic heterocycles. The lowest BCUT2D eigenvalue weighted by molar-refractivity contribution is -0.179. The second-order valence-corrected chi connectivity index (χ2v) is 6.68. The zero-order valence-electron chi connectivity index (χ0n) is 15.4. The van der Waals surface area contributed by atoms with Gasteiger partial charge in [0, 0.05) is 42.0 Å². The van der Waals surface area contributed by atoms with Gasteiger partial charge >= 0.3 is 0 Å². The highest BCUT2D eigenvalue weighted by atomic mass is 17.2. The van der Waals surface area contributed by atoms with Crippen molar-refractivity contribution in [3.05, 3.63) is 46.5 Å². The minimum absolute atomic E-state index is 0.206. The van der Waals surface area contributed by atoms with E-state index in [1.165, 1.54) is 18.2 Å². The maximum atomic E-state index is 6.37. The molecule has 2 aliphatic heterocycles. The number of hydrogen-bond donors (Lipinski definition) is 1. The predicted octanol–water partition coefficient (Wildman–Crippen LogP) is 2.88. The maximum Gasteiger partial charge on any atom is 0.170 e. The lowest BCUT2D eigenvalue weighted by atomic mass is 9.82. The molecule has 26 heavy (non-hydrogen) atoms. The van der Waals surface area contributed by atoms with Gasteiger partial charge in [-0.25, -0.2) is 0 Å². The van der Waals surface area contributed by atoms with Crippen LogP contribution in [-0.4, -0.2) is 32.8 Å². The zero-order chi connectivity index (χ0) is 18.3. The van der Waals surface area contributed by atoms with Crippen LogP contribution in [0.2, 0.25) is 0 Å². The van der Waals surface area contributed by atoms with Gasteiger partial charge in [-0.2, -0.15) is 4.89 Å². The van der Waals surface area contributed by atoms with E-state index in [9.17, 15) is 0 Å². The van der Waals surface area contributed by atoms with Gasteiger partial charge in [0.05, 0.1) is 21.3 Å². The molecule has 6 nitrogen and oxygen atoms in total. The number of anilines is 1. The fraction of sp³-hybridized carbons (Fsp3) is 0.400. The second kappa shape index (κ2) is 6.70. The fourth-order valence-electron chi connectivity index (χ4n) is 4.31. The first-order valence-corrected chi connectivity index (χ1v) is 8.76. The number of nitrogens with two attached hydrogens (primary N) is 1. The fourth-order valence-corrected chi connectivity index (χ4v) is 4.31. The van der Waals surface area contributed by atoms with Gasteiger partial charge in [0.15, 0.2) is 17.2 Å². The summed E-state index contributed by atoms with van der Waals surface area (Å²) in [5.74, 6) is 2.24. The molecular weight excluding hydrogens is 332 g/mol. The number of methoxy groups -OCH3 is 2. The number of rotatable bonds is 4. The summed E-state index contributed by atoms with van der Waals surface area (Å²) in [5, 5.41) is 0. The van der Waals surface area contributed by atoms with Crippen LogP contribution in [0.1, 0.15) is 28.3 Å². The molecule has 2 heterocycles. The molecule has 2 aromatic rings. The van der Waals surface area contributed by atoms with Crippen LogP contribution in [0, 0.1) is 0 Å². The molecule has 0 saturated heterocycles. The van der Waals surface area contributed by atoms with Gasteiger partial charge in [0.2, 0.25) is 0 Å². The highest BCUT2D eigenvalue weighted by molar-refractivity contribution is 5.65. The van der Waals surface area contributed by atoms with Crippen molar-refractivity contribution >= 4 is 5.69 Å².